The molecule has 0 aromatic heterocycles. The highest BCUT2D eigenvalue weighted by atomic mass is 16.5. The number of rotatable bonds is 8. The van der Waals surface area contributed by atoms with Crippen LogP contribution in [-0.2, 0) is 27.4 Å². The van der Waals surface area contributed by atoms with Crippen molar-refractivity contribution in [1.82, 2.24) is 9.80 Å². The first kappa shape index (κ1) is 21.8. The molecule has 2 aromatic rings. The highest BCUT2D eigenvalue weighted by molar-refractivity contribution is 5.78. The number of nitrogens with zero attached hydrogens (tertiary/aromatic N) is 2. The maximum Gasteiger partial charge on any atom is 0.248 e. The summed E-state index contributed by atoms with van der Waals surface area (Å²) in [6.07, 6.45) is 1.97. The van der Waals surface area contributed by atoms with Gasteiger partial charge in [0.25, 0.3) is 0 Å². The smallest absolute Gasteiger partial charge is 0.248 e. The van der Waals surface area contributed by atoms with Crippen LogP contribution >= 0.6 is 0 Å². The molecule has 1 heterocycles. The molecule has 0 spiro atoms. The molecule has 0 saturated carbocycles. The van der Waals surface area contributed by atoms with Crippen molar-refractivity contribution in [3.63, 3.8) is 0 Å². The lowest BCUT2D eigenvalue weighted by Gasteiger charge is -2.22. The van der Waals surface area contributed by atoms with E-state index >= 15 is 0 Å². The van der Waals surface area contributed by atoms with Gasteiger partial charge in [-0.05, 0) is 36.1 Å². The molecular weight excluding hydrogens is 380 g/mol. The Hall–Kier alpha value is -2.86. The van der Waals surface area contributed by atoms with E-state index in [0.717, 1.165) is 23.3 Å². The van der Waals surface area contributed by atoms with Crippen LogP contribution in [0.2, 0.25) is 0 Å². The second-order valence-corrected chi connectivity index (χ2v) is 7.44. The van der Waals surface area contributed by atoms with Gasteiger partial charge in [-0.1, -0.05) is 42.5 Å². The number of amides is 2. The van der Waals surface area contributed by atoms with Crippen molar-refractivity contribution in [1.29, 1.82) is 0 Å². The fourth-order valence-electron chi connectivity index (χ4n) is 3.54. The third-order valence-electron chi connectivity index (χ3n) is 5.32. The first-order valence-electron chi connectivity index (χ1n) is 10.5. The number of hydrogen-bond donors (Lipinski definition) is 0. The van der Waals surface area contributed by atoms with Crippen LogP contribution in [0.1, 0.15) is 24.0 Å². The van der Waals surface area contributed by atoms with Crippen molar-refractivity contribution in [3.05, 3.63) is 65.7 Å². The summed E-state index contributed by atoms with van der Waals surface area (Å²) in [4.78, 5) is 28.8. The quantitative estimate of drug-likeness (QED) is 0.672. The molecule has 0 atom stereocenters. The molecule has 3 rings (SSSR count). The number of aryl methyl sites for hydroxylation is 1. The summed E-state index contributed by atoms with van der Waals surface area (Å²) in [6, 6.07) is 17.6. The molecule has 1 fully saturated rings. The molecule has 1 saturated heterocycles. The second-order valence-electron chi connectivity index (χ2n) is 7.44. The zero-order chi connectivity index (χ0) is 21.2. The van der Waals surface area contributed by atoms with Crippen molar-refractivity contribution in [2.75, 3.05) is 39.9 Å². The molecule has 1 aliphatic heterocycles. The number of carbonyl (C=O) groups excluding carboxylic acids is 2. The second kappa shape index (κ2) is 11.4. The summed E-state index contributed by atoms with van der Waals surface area (Å²) >= 11 is 0. The number of carbonyl (C=O) groups is 2. The van der Waals surface area contributed by atoms with Crippen LogP contribution in [-0.4, -0.2) is 61.5 Å². The molecule has 0 radical (unpaired) electrons. The summed E-state index contributed by atoms with van der Waals surface area (Å²) in [5.41, 5.74) is 2.17. The molecule has 6 heteroatoms. The lowest BCUT2D eigenvalue weighted by atomic mass is 10.1. The SMILES string of the molecule is COc1ccc(CCC(=O)N2CCCN(C(=O)COCc3ccccc3)CC2)cc1. The van der Waals surface area contributed by atoms with Crippen LogP contribution in [0, 0.1) is 0 Å². The van der Waals surface area contributed by atoms with E-state index in [4.69, 9.17) is 9.47 Å². The summed E-state index contributed by atoms with van der Waals surface area (Å²) in [5, 5.41) is 0. The fraction of sp³-hybridized carbons (Fsp3) is 0.417. The Labute approximate surface area is 178 Å². The molecular formula is C24H30N2O4. The van der Waals surface area contributed by atoms with Gasteiger partial charge in [-0.2, -0.15) is 0 Å². The summed E-state index contributed by atoms with van der Waals surface area (Å²) in [6.45, 7) is 2.98. The van der Waals surface area contributed by atoms with Gasteiger partial charge in [0.15, 0.2) is 0 Å². The summed E-state index contributed by atoms with van der Waals surface area (Å²) < 4.78 is 10.7. The van der Waals surface area contributed by atoms with Gasteiger partial charge in [0.2, 0.25) is 11.8 Å². The Kier molecular flexibility index (Phi) is 8.27. The minimum Gasteiger partial charge on any atom is -0.497 e. The largest absolute Gasteiger partial charge is 0.497 e. The van der Waals surface area contributed by atoms with Crippen LogP contribution < -0.4 is 4.74 Å². The molecule has 2 aromatic carbocycles. The molecule has 1 aliphatic rings. The third-order valence-corrected chi connectivity index (χ3v) is 5.32. The van der Waals surface area contributed by atoms with E-state index in [2.05, 4.69) is 0 Å². The zero-order valence-electron chi connectivity index (χ0n) is 17.6. The first-order valence-corrected chi connectivity index (χ1v) is 10.5. The van der Waals surface area contributed by atoms with Crippen LogP contribution in [0.3, 0.4) is 0 Å². The van der Waals surface area contributed by atoms with Crippen LogP contribution in [0.15, 0.2) is 54.6 Å². The molecule has 0 bridgehead atoms. The highest BCUT2D eigenvalue weighted by Crippen LogP contribution is 2.14. The minimum absolute atomic E-state index is 0.0153. The van der Waals surface area contributed by atoms with E-state index in [-0.39, 0.29) is 18.4 Å². The van der Waals surface area contributed by atoms with Crippen LogP contribution in [0.25, 0.3) is 0 Å². The Balaban J connectivity index is 1.39. The van der Waals surface area contributed by atoms with Crippen molar-refractivity contribution < 1.29 is 19.1 Å². The average molecular weight is 411 g/mol. The van der Waals surface area contributed by atoms with Crippen molar-refractivity contribution in [2.24, 2.45) is 0 Å². The van der Waals surface area contributed by atoms with Gasteiger partial charge in [-0.3, -0.25) is 9.59 Å². The van der Waals surface area contributed by atoms with Gasteiger partial charge in [-0.25, -0.2) is 0 Å². The first-order chi connectivity index (χ1) is 14.7. The standard InChI is InChI=1S/C24H30N2O4/c1-29-22-11-8-20(9-12-22)10-13-23(27)25-14-5-15-26(17-16-25)24(28)19-30-18-21-6-3-2-4-7-21/h2-4,6-9,11-12H,5,10,13-19H2,1H3. The number of methoxy groups -OCH3 is 1. The Bertz CT molecular complexity index is 808. The van der Waals surface area contributed by atoms with Gasteiger partial charge >= 0.3 is 0 Å². The normalized spacial score (nSPS) is 14.3. The van der Waals surface area contributed by atoms with Gasteiger partial charge in [0, 0.05) is 32.6 Å². The maximum absolute atomic E-state index is 12.6. The molecule has 0 unspecified atom stereocenters. The zero-order valence-corrected chi connectivity index (χ0v) is 17.6. The Morgan fingerprint density at radius 3 is 2.17 bits per heavy atom. The molecule has 2 amide bonds. The van der Waals surface area contributed by atoms with Gasteiger partial charge in [-0.15, -0.1) is 0 Å². The Morgan fingerprint density at radius 1 is 0.833 bits per heavy atom. The van der Waals surface area contributed by atoms with Gasteiger partial charge < -0.3 is 19.3 Å². The van der Waals surface area contributed by atoms with E-state index in [1.54, 1.807) is 7.11 Å². The van der Waals surface area contributed by atoms with Gasteiger partial charge in [0.05, 0.1) is 13.7 Å². The lowest BCUT2D eigenvalue weighted by molar-refractivity contribution is -0.137. The molecule has 0 aliphatic carbocycles. The average Bonchev–Trinajstić information content (AvgIpc) is 3.05. The topological polar surface area (TPSA) is 59.1 Å². The van der Waals surface area contributed by atoms with E-state index in [0.29, 0.717) is 45.6 Å². The predicted molar refractivity (Wildman–Crippen MR) is 115 cm³/mol. The number of ether oxygens (including phenoxy) is 2. The number of hydrogen-bond acceptors (Lipinski definition) is 4. The lowest BCUT2D eigenvalue weighted by Crippen LogP contribution is -2.38. The molecule has 0 N–H and O–H groups in total. The molecule has 30 heavy (non-hydrogen) atoms. The third kappa shape index (κ3) is 6.59. The van der Waals surface area contributed by atoms with E-state index in [1.165, 1.54) is 0 Å². The molecule has 6 nitrogen and oxygen atoms in total. The van der Waals surface area contributed by atoms with Crippen molar-refractivity contribution in [2.45, 2.75) is 25.9 Å². The fourth-order valence-corrected chi connectivity index (χ4v) is 3.54. The maximum atomic E-state index is 12.6. The van der Waals surface area contributed by atoms with E-state index < -0.39 is 0 Å². The van der Waals surface area contributed by atoms with E-state index in [9.17, 15) is 9.59 Å². The Morgan fingerprint density at radius 2 is 1.50 bits per heavy atom. The van der Waals surface area contributed by atoms with Crippen LogP contribution in [0.5, 0.6) is 5.75 Å². The van der Waals surface area contributed by atoms with Crippen molar-refractivity contribution in [3.8, 4) is 5.75 Å². The van der Waals surface area contributed by atoms with Crippen LogP contribution in [0.4, 0.5) is 0 Å². The monoisotopic (exact) mass is 410 g/mol. The van der Waals surface area contributed by atoms with Gasteiger partial charge in [0.1, 0.15) is 12.4 Å². The highest BCUT2D eigenvalue weighted by Gasteiger charge is 2.21. The van der Waals surface area contributed by atoms with E-state index in [1.807, 2.05) is 64.4 Å². The van der Waals surface area contributed by atoms with Crippen molar-refractivity contribution >= 4 is 11.8 Å². The predicted octanol–water partition coefficient (Wildman–Crippen LogP) is 2.91. The molecule has 160 valence electrons. The summed E-state index contributed by atoms with van der Waals surface area (Å²) in [5.74, 6) is 0.939. The summed E-state index contributed by atoms with van der Waals surface area (Å²) in [7, 11) is 1.64. The number of benzene rings is 2. The minimum atomic E-state index is -0.0153.